The standard InChI is InChI=1S/C15H22N2O/c1-12-5-4-6-13(11-12)14(18)15(2,3)17-9-7-16-8-10-17/h4-6,11,16H,7-10H2,1-3H3. The molecule has 1 saturated heterocycles. The molecule has 98 valence electrons. The van der Waals surface area contributed by atoms with Crippen molar-refractivity contribution in [2.24, 2.45) is 0 Å². The number of aryl methyl sites for hydroxylation is 1. The minimum atomic E-state index is -0.421. The highest BCUT2D eigenvalue weighted by molar-refractivity contribution is 6.02. The first-order valence-corrected chi connectivity index (χ1v) is 6.59. The first-order valence-electron chi connectivity index (χ1n) is 6.59. The number of hydrogen-bond donors (Lipinski definition) is 1. The number of benzene rings is 1. The SMILES string of the molecule is Cc1cccc(C(=O)C(C)(C)N2CCNCC2)c1. The summed E-state index contributed by atoms with van der Waals surface area (Å²) in [5, 5.41) is 3.32. The van der Waals surface area contributed by atoms with Crippen LogP contribution in [0.15, 0.2) is 24.3 Å². The molecule has 1 aliphatic rings. The van der Waals surface area contributed by atoms with Gasteiger partial charge in [0.15, 0.2) is 5.78 Å². The van der Waals surface area contributed by atoms with Crippen molar-refractivity contribution in [3.8, 4) is 0 Å². The molecular weight excluding hydrogens is 224 g/mol. The normalized spacial score (nSPS) is 17.7. The third kappa shape index (κ3) is 2.62. The molecule has 0 unspecified atom stereocenters. The maximum absolute atomic E-state index is 12.7. The van der Waals surface area contributed by atoms with Crippen LogP contribution in [0.25, 0.3) is 0 Å². The van der Waals surface area contributed by atoms with E-state index in [1.54, 1.807) is 0 Å². The Bertz CT molecular complexity index is 434. The highest BCUT2D eigenvalue weighted by Gasteiger charge is 2.35. The Hall–Kier alpha value is -1.19. The molecule has 0 atom stereocenters. The molecule has 0 aromatic heterocycles. The molecule has 0 bridgehead atoms. The van der Waals surface area contributed by atoms with E-state index in [1.807, 2.05) is 45.0 Å². The van der Waals surface area contributed by atoms with E-state index < -0.39 is 5.54 Å². The summed E-state index contributed by atoms with van der Waals surface area (Å²) >= 11 is 0. The second-order valence-corrected chi connectivity index (χ2v) is 5.49. The Morgan fingerprint density at radius 1 is 1.28 bits per heavy atom. The lowest BCUT2D eigenvalue weighted by molar-refractivity contribution is 0.0602. The van der Waals surface area contributed by atoms with Gasteiger partial charge >= 0.3 is 0 Å². The minimum absolute atomic E-state index is 0.216. The van der Waals surface area contributed by atoms with Gasteiger partial charge in [0.1, 0.15) is 0 Å². The Balaban J connectivity index is 2.20. The van der Waals surface area contributed by atoms with Crippen molar-refractivity contribution in [1.29, 1.82) is 0 Å². The highest BCUT2D eigenvalue weighted by Crippen LogP contribution is 2.21. The topological polar surface area (TPSA) is 32.3 Å². The first kappa shape index (κ1) is 13.2. The van der Waals surface area contributed by atoms with Gasteiger partial charge in [0.05, 0.1) is 5.54 Å². The molecule has 1 fully saturated rings. The zero-order valence-electron chi connectivity index (χ0n) is 11.5. The van der Waals surface area contributed by atoms with Gasteiger partial charge in [-0.2, -0.15) is 0 Å². The third-order valence-corrected chi connectivity index (χ3v) is 3.74. The van der Waals surface area contributed by atoms with Crippen LogP contribution in [0.5, 0.6) is 0 Å². The van der Waals surface area contributed by atoms with Crippen LogP contribution in [0.3, 0.4) is 0 Å². The van der Waals surface area contributed by atoms with Crippen LogP contribution < -0.4 is 5.32 Å². The Morgan fingerprint density at radius 3 is 2.56 bits per heavy atom. The van der Waals surface area contributed by atoms with Crippen LogP contribution in [0.2, 0.25) is 0 Å². The van der Waals surface area contributed by atoms with Crippen LogP contribution in [-0.4, -0.2) is 42.4 Å². The average Bonchev–Trinajstić information content (AvgIpc) is 2.39. The number of hydrogen-bond acceptors (Lipinski definition) is 3. The minimum Gasteiger partial charge on any atom is -0.314 e. The smallest absolute Gasteiger partial charge is 0.182 e. The highest BCUT2D eigenvalue weighted by atomic mass is 16.1. The van der Waals surface area contributed by atoms with E-state index in [0.29, 0.717) is 0 Å². The lowest BCUT2D eigenvalue weighted by Crippen LogP contribution is -2.57. The molecule has 0 aliphatic carbocycles. The molecule has 1 aliphatic heterocycles. The number of rotatable bonds is 3. The third-order valence-electron chi connectivity index (χ3n) is 3.74. The summed E-state index contributed by atoms with van der Waals surface area (Å²) < 4.78 is 0. The molecule has 1 N–H and O–H groups in total. The van der Waals surface area contributed by atoms with Crippen molar-refractivity contribution in [2.45, 2.75) is 26.3 Å². The fraction of sp³-hybridized carbons (Fsp3) is 0.533. The van der Waals surface area contributed by atoms with Gasteiger partial charge in [0, 0.05) is 31.7 Å². The number of nitrogens with zero attached hydrogens (tertiary/aromatic N) is 1. The van der Waals surface area contributed by atoms with Crippen molar-refractivity contribution in [3.05, 3.63) is 35.4 Å². The molecule has 0 saturated carbocycles. The van der Waals surface area contributed by atoms with Crippen LogP contribution in [0.4, 0.5) is 0 Å². The lowest BCUT2D eigenvalue weighted by atomic mass is 9.90. The Labute approximate surface area is 109 Å². The van der Waals surface area contributed by atoms with E-state index >= 15 is 0 Å². The van der Waals surface area contributed by atoms with Gasteiger partial charge in [-0.3, -0.25) is 9.69 Å². The van der Waals surface area contributed by atoms with Crippen molar-refractivity contribution in [3.63, 3.8) is 0 Å². The molecule has 3 nitrogen and oxygen atoms in total. The largest absolute Gasteiger partial charge is 0.314 e. The van der Waals surface area contributed by atoms with Crippen LogP contribution >= 0.6 is 0 Å². The number of ketones is 1. The van der Waals surface area contributed by atoms with Gasteiger partial charge in [0.2, 0.25) is 0 Å². The molecule has 1 heterocycles. The van der Waals surface area contributed by atoms with Crippen LogP contribution in [0.1, 0.15) is 29.8 Å². The molecule has 0 amide bonds. The number of carbonyl (C=O) groups excluding carboxylic acids is 1. The fourth-order valence-corrected chi connectivity index (χ4v) is 2.51. The quantitative estimate of drug-likeness (QED) is 0.826. The Kier molecular flexibility index (Phi) is 3.83. The van der Waals surface area contributed by atoms with Gasteiger partial charge in [-0.05, 0) is 26.8 Å². The molecule has 0 radical (unpaired) electrons. The molecule has 0 spiro atoms. The molecule has 2 rings (SSSR count). The first-order chi connectivity index (χ1) is 8.51. The number of Topliss-reactive ketones (excluding diaryl/α,β-unsaturated/α-hetero) is 1. The van der Waals surface area contributed by atoms with Crippen molar-refractivity contribution in [2.75, 3.05) is 26.2 Å². The summed E-state index contributed by atoms with van der Waals surface area (Å²) in [7, 11) is 0. The van der Waals surface area contributed by atoms with E-state index in [1.165, 1.54) is 0 Å². The summed E-state index contributed by atoms with van der Waals surface area (Å²) in [4.78, 5) is 14.9. The maximum atomic E-state index is 12.7. The lowest BCUT2D eigenvalue weighted by Gasteiger charge is -2.40. The van der Waals surface area contributed by atoms with Crippen molar-refractivity contribution < 1.29 is 4.79 Å². The Morgan fingerprint density at radius 2 is 1.94 bits per heavy atom. The molecular formula is C15H22N2O. The monoisotopic (exact) mass is 246 g/mol. The van der Waals surface area contributed by atoms with Gasteiger partial charge in [-0.1, -0.05) is 23.8 Å². The summed E-state index contributed by atoms with van der Waals surface area (Å²) in [5.74, 6) is 0.216. The van der Waals surface area contributed by atoms with Gasteiger partial charge in [0.25, 0.3) is 0 Å². The van der Waals surface area contributed by atoms with Crippen molar-refractivity contribution >= 4 is 5.78 Å². The van der Waals surface area contributed by atoms with Crippen molar-refractivity contribution in [1.82, 2.24) is 10.2 Å². The summed E-state index contributed by atoms with van der Waals surface area (Å²) in [6, 6.07) is 7.87. The van der Waals surface area contributed by atoms with E-state index in [2.05, 4.69) is 10.2 Å². The van der Waals surface area contributed by atoms with Crippen LogP contribution in [0, 0.1) is 6.92 Å². The zero-order chi connectivity index (χ0) is 13.2. The zero-order valence-corrected chi connectivity index (χ0v) is 11.5. The van der Waals surface area contributed by atoms with E-state index in [0.717, 1.165) is 37.3 Å². The van der Waals surface area contributed by atoms with Gasteiger partial charge in [-0.15, -0.1) is 0 Å². The average molecular weight is 246 g/mol. The number of nitrogens with one attached hydrogen (secondary N) is 1. The molecule has 1 aromatic carbocycles. The van der Waals surface area contributed by atoms with E-state index in [9.17, 15) is 4.79 Å². The summed E-state index contributed by atoms with van der Waals surface area (Å²) in [5.41, 5.74) is 1.53. The second-order valence-electron chi connectivity index (χ2n) is 5.49. The van der Waals surface area contributed by atoms with E-state index in [-0.39, 0.29) is 5.78 Å². The number of piperazine rings is 1. The molecule has 18 heavy (non-hydrogen) atoms. The molecule has 3 heteroatoms. The number of carbonyl (C=O) groups is 1. The van der Waals surface area contributed by atoms with E-state index in [4.69, 9.17) is 0 Å². The summed E-state index contributed by atoms with van der Waals surface area (Å²) in [6.07, 6.45) is 0. The van der Waals surface area contributed by atoms with Gasteiger partial charge in [-0.25, -0.2) is 0 Å². The molecule has 1 aromatic rings. The predicted molar refractivity (Wildman–Crippen MR) is 74.0 cm³/mol. The van der Waals surface area contributed by atoms with Crippen LogP contribution in [-0.2, 0) is 0 Å². The fourth-order valence-electron chi connectivity index (χ4n) is 2.51. The predicted octanol–water partition coefficient (Wildman–Crippen LogP) is 1.86. The summed E-state index contributed by atoms with van der Waals surface area (Å²) in [6.45, 7) is 9.88. The van der Waals surface area contributed by atoms with Gasteiger partial charge < -0.3 is 5.32 Å². The second kappa shape index (κ2) is 5.21. The maximum Gasteiger partial charge on any atom is 0.182 e.